The number of ketones is 1. The van der Waals surface area contributed by atoms with Gasteiger partial charge in [0.1, 0.15) is 0 Å². The number of carbonyl (C=O) groups excluding carboxylic acids is 1. The van der Waals surface area contributed by atoms with E-state index in [0.717, 1.165) is 12.8 Å². The number of Topliss-reactive ketones (excluding diaryl/α,β-unsaturated/α-hetero) is 1. The molecule has 0 radical (unpaired) electrons. The van der Waals surface area contributed by atoms with Gasteiger partial charge in [0.2, 0.25) is 0 Å². The van der Waals surface area contributed by atoms with Crippen LogP contribution in [0.5, 0.6) is 0 Å². The van der Waals surface area contributed by atoms with Gasteiger partial charge in [0.05, 0.1) is 6.04 Å². The fourth-order valence-corrected chi connectivity index (χ4v) is 1.21. The normalized spacial score (nSPS) is 13.8. The van der Waals surface area contributed by atoms with Crippen LogP contribution in [0.25, 0.3) is 0 Å². The number of hydrazine groups is 1. The second-order valence-corrected chi connectivity index (χ2v) is 4.25. The highest BCUT2D eigenvalue weighted by Crippen LogP contribution is 2.10. The van der Waals surface area contributed by atoms with E-state index in [2.05, 4.69) is 19.3 Å². The first-order chi connectivity index (χ1) is 5.99. The van der Waals surface area contributed by atoms with Crippen LogP contribution < -0.4 is 11.3 Å². The van der Waals surface area contributed by atoms with Crippen LogP contribution in [0.2, 0.25) is 0 Å². The second-order valence-electron chi connectivity index (χ2n) is 4.25. The lowest BCUT2D eigenvalue weighted by Crippen LogP contribution is -2.43. The molecule has 1 unspecified atom stereocenters. The molecule has 3 nitrogen and oxygen atoms in total. The molecule has 0 heterocycles. The molecule has 0 fully saturated rings. The van der Waals surface area contributed by atoms with Gasteiger partial charge in [0.15, 0.2) is 5.78 Å². The fraction of sp³-hybridized carbons (Fsp3) is 0.900. The molecule has 0 bridgehead atoms. The van der Waals surface area contributed by atoms with Crippen LogP contribution in [0, 0.1) is 11.8 Å². The zero-order chi connectivity index (χ0) is 10.4. The van der Waals surface area contributed by atoms with E-state index in [-0.39, 0.29) is 17.7 Å². The lowest BCUT2D eigenvalue weighted by Gasteiger charge is -2.17. The number of nitrogens with two attached hydrogens (primary N) is 1. The summed E-state index contributed by atoms with van der Waals surface area (Å²) in [6.45, 7) is 8.10. The van der Waals surface area contributed by atoms with Crippen molar-refractivity contribution in [2.75, 3.05) is 0 Å². The number of hydrogen-bond acceptors (Lipinski definition) is 3. The molecule has 0 aromatic rings. The standard InChI is InChI=1S/C10H22N2O/c1-7(2)5-6-9(12-11)10(13)8(3)4/h7-9,12H,5-6,11H2,1-4H3. The maximum absolute atomic E-state index is 11.5. The van der Waals surface area contributed by atoms with Crippen molar-refractivity contribution in [3.63, 3.8) is 0 Å². The van der Waals surface area contributed by atoms with Gasteiger partial charge in [-0.05, 0) is 18.8 Å². The Morgan fingerprint density at radius 2 is 1.77 bits per heavy atom. The molecule has 78 valence electrons. The molecule has 1 atom stereocenters. The van der Waals surface area contributed by atoms with E-state index < -0.39 is 0 Å². The van der Waals surface area contributed by atoms with Gasteiger partial charge < -0.3 is 0 Å². The van der Waals surface area contributed by atoms with Gasteiger partial charge in [-0.2, -0.15) is 0 Å². The Hall–Kier alpha value is -0.410. The summed E-state index contributed by atoms with van der Waals surface area (Å²) in [6, 6.07) is -0.164. The molecule has 0 aromatic heterocycles. The van der Waals surface area contributed by atoms with Crippen molar-refractivity contribution in [1.82, 2.24) is 5.43 Å². The molecule has 0 saturated heterocycles. The number of rotatable bonds is 6. The minimum absolute atomic E-state index is 0.0632. The van der Waals surface area contributed by atoms with E-state index in [0.29, 0.717) is 5.92 Å². The molecule has 0 spiro atoms. The first-order valence-electron chi connectivity index (χ1n) is 4.98. The molecule has 0 amide bonds. The van der Waals surface area contributed by atoms with Crippen molar-refractivity contribution in [2.45, 2.75) is 46.6 Å². The topological polar surface area (TPSA) is 55.1 Å². The van der Waals surface area contributed by atoms with Crippen molar-refractivity contribution in [3.05, 3.63) is 0 Å². The first kappa shape index (κ1) is 12.6. The van der Waals surface area contributed by atoms with Crippen molar-refractivity contribution < 1.29 is 4.79 Å². The quantitative estimate of drug-likeness (QED) is 0.488. The van der Waals surface area contributed by atoms with Crippen molar-refractivity contribution in [2.24, 2.45) is 17.7 Å². The summed E-state index contributed by atoms with van der Waals surface area (Å²) in [5.41, 5.74) is 2.59. The van der Waals surface area contributed by atoms with Gasteiger partial charge in [-0.1, -0.05) is 27.7 Å². The largest absolute Gasteiger partial charge is 0.298 e. The Morgan fingerprint density at radius 3 is 2.08 bits per heavy atom. The van der Waals surface area contributed by atoms with Crippen LogP contribution in [-0.4, -0.2) is 11.8 Å². The Morgan fingerprint density at radius 1 is 1.23 bits per heavy atom. The highest BCUT2D eigenvalue weighted by molar-refractivity contribution is 5.85. The van der Waals surface area contributed by atoms with Gasteiger partial charge in [-0.25, -0.2) is 5.43 Å². The lowest BCUT2D eigenvalue weighted by molar-refractivity contribution is -0.124. The molecule has 0 aliphatic carbocycles. The highest BCUT2D eigenvalue weighted by atomic mass is 16.1. The van der Waals surface area contributed by atoms with Crippen molar-refractivity contribution in [1.29, 1.82) is 0 Å². The molecule has 0 saturated carbocycles. The van der Waals surface area contributed by atoms with E-state index in [1.807, 2.05) is 13.8 Å². The lowest BCUT2D eigenvalue weighted by atomic mass is 9.95. The van der Waals surface area contributed by atoms with Gasteiger partial charge in [-0.3, -0.25) is 10.6 Å². The number of hydrogen-bond donors (Lipinski definition) is 2. The van der Waals surface area contributed by atoms with Gasteiger partial charge in [-0.15, -0.1) is 0 Å². The third-order valence-electron chi connectivity index (χ3n) is 2.15. The third kappa shape index (κ3) is 5.01. The van der Waals surface area contributed by atoms with E-state index in [1.54, 1.807) is 0 Å². The summed E-state index contributed by atoms with van der Waals surface area (Å²) < 4.78 is 0. The summed E-state index contributed by atoms with van der Waals surface area (Å²) in [4.78, 5) is 11.5. The smallest absolute Gasteiger partial charge is 0.153 e. The average Bonchev–Trinajstić information content (AvgIpc) is 2.04. The van der Waals surface area contributed by atoms with Crippen LogP contribution in [0.15, 0.2) is 0 Å². The third-order valence-corrected chi connectivity index (χ3v) is 2.15. The van der Waals surface area contributed by atoms with Crippen LogP contribution in [0.4, 0.5) is 0 Å². The van der Waals surface area contributed by atoms with E-state index in [1.165, 1.54) is 0 Å². The van der Waals surface area contributed by atoms with Crippen LogP contribution in [0.1, 0.15) is 40.5 Å². The summed E-state index contributed by atoms with van der Waals surface area (Å²) >= 11 is 0. The van der Waals surface area contributed by atoms with Crippen LogP contribution in [0.3, 0.4) is 0 Å². The summed E-state index contributed by atoms with van der Waals surface area (Å²) in [6.07, 6.45) is 1.87. The van der Waals surface area contributed by atoms with Crippen LogP contribution >= 0.6 is 0 Å². The molecular weight excluding hydrogens is 164 g/mol. The maximum atomic E-state index is 11.5. The minimum atomic E-state index is -0.164. The molecule has 0 aliphatic rings. The first-order valence-corrected chi connectivity index (χ1v) is 4.98. The van der Waals surface area contributed by atoms with E-state index in [9.17, 15) is 4.79 Å². The fourth-order valence-electron chi connectivity index (χ4n) is 1.21. The number of carbonyl (C=O) groups is 1. The Bertz CT molecular complexity index is 155. The predicted molar refractivity (Wildman–Crippen MR) is 55.0 cm³/mol. The van der Waals surface area contributed by atoms with Crippen molar-refractivity contribution in [3.8, 4) is 0 Å². The molecular formula is C10H22N2O. The van der Waals surface area contributed by atoms with Crippen LogP contribution in [-0.2, 0) is 4.79 Å². The highest BCUT2D eigenvalue weighted by Gasteiger charge is 2.19. The number of nitrogens with one attached hydrogen (secondary N) is 1. The van der Waals surface area contributed by atoms with E-state index >= 15 is 0 Å². The monoisotopic (exact) mass is 186 g/mol. The average molecular weight is 186 g/mol. The predicted octanol–water partition coefficient (Wildman–Crippen LogP) is 1.48. The van der Waals surface area contributed by atoms with Gasteiger partial charge in [0, 0.05) is 5.92 Å². The second kappa shape index (κ2) is 6.11. The minimum Gasteiger partial charge on any atom is -0.298 e. The Balaban J connectivity index is 3.95. The molecule has 13 heavy (non-hydrogen) atoms. The summed E-state index contributed by atoms with van der Waals surface area (Å²) in [7, 11) is 0. The zero-order valence-corrected chi connectivity index (χ0v) is 9.13. The molecule has 0 aromatic carbocycles. The van der Waals surface area contributed by atoms with E-state index in [4.69, 9.17) is 5.84 Å². The van der Waals surface area contributed by atoms with Gasteiger partial charge in [0.25, 0.3) is 0 Å². The molecule has 0 rings (SSSR count). The summed E-state index contributed by atoms with van der Waals surface area (Å²) in [5.74, 6) is 6.22. The molecule has 0 aliphatic heterocycles. The molecule has 3 N–H and O–H groups in total. The summed E-state index contributed by atoms with van der Waals surface area (Å²) in [5, 5.41) is 0. The van der Waals surface area contributed by atoms with Crippen molar-refractivity contribution >= 4 is 5.78 Å². The Labute approximate surface area is 81.0 Å². The van der Waals surface area contributed by atoms with Gasteiger partial charge >= 0.3 is 0 Å². The maximum Gasteiger partial charge on any atom is 0.153 e. The SMILES string of the molecule is CC(C)CCC(NN)C(=O)C(C)C. The zero-order valence-electron chi connectivity index (χ0n) is 9.13. The Kier molecular flexibility index (Phi) is 5.91. The molecule has 3 heteroatoms.